The maximum atomic E-state index is 6.12. The second-order valence-electron chi connectivity index (χ2n) is 4.56. The van der Waals surface area contributed by atoms with Crippen molar-refractivity contribution in [2.75, 3.05) is 13.9 Å². The highest BCUT2D eigenvalue weighted by atomic mass is 16.7. The van der Waals surface area contributed by atoms with E-state index in [1.807, 2.05) is 12.1 Å². The van der Waals surface area contributed by atoms with Gasteiger partial charge in [0.15, 0.2) is 11.5 Å². The highest BCUT2D eigenvalue weighted by molar-refractivity contribution is 5.52. The zero-order chi connectivity index (χ0) is 11.2. The quantitative estimate of drug-likeness (QED) is 0.839. The van der Waals surface area contributed by atoms with Crippen LogP contribution < -0.4 is 19.9 Å². The predicted molar refractivity (Wildman–Crippen MR) is 59.0 cm³/mol. The van der Waals surface area contributed by atoms with Gasteiger partial charge in [0.25, 0.3) is 0 Å². The Hall–Kier alpha value is -1.42. The number of hydrogen-bond donors (Lipinski definition) is 1. The first-order valence-corrected chi connectivity index (χ1v) is 5.46. The number of rotatable bonds is 3. The second-order valence-corrected chi connectivity index (χ2v) is 4.56. The smallest absolute Gasteiger partial charge is 0.231 e. The van der Waals surface area contributed by atoms with Crippen molar-refractivity contribution in [1.82, 2.24) is 0 Å². The van der Waals surface area contributed by atoms with Crippen molar-refractivity contribution in [1.29, 1.82) is 0 Å². The third kappa shape index (κ3) is 1.59. The van der Waals surface area contributed by atoms with Gasteiger partial charge < -0.3 is 19.9 Å². The standard InChI is InChI=1S/C12H15NO3/c1-14-9-5-11-10(15-7-16-11)4-8(9)6-12(13)2-3-12/h4-5H,2-3,6-7,13H2,1H3. The average molecular weight is 221 g/mol. The number of fused-ring (bicyclic) bond motifs is 1. The van der Waals surface area contributed by atoms with Gasteiger partial charge in [-0.3, -0.25) is 0 Å². The van der Waals surface area contributed by atoms with Crippen LogP contribution in [0, 0.1) is 0 Å². The summed E-state index contributed by atoms with van der Waals surface area (Å²) in [4.78, 5) is 0. The van der Waals surface area contributed by atoms with Crippen LogP contribution in [-0.2, 0) is 6.42 Å². The molecule has 1 saturated carbocycles. The molecule has 4 nitrogen and oxygen atoms in total. The molecule has 0 unspecified atom stereocenters. The zero-order valence-corrected chi connectivity index (χ0v) is 9.29. The Morgan fingerprint density at radius 2 is 2.00 bits per heavy atom. The van der Waals surface area contributed by atoms with Crippen LogP contribution in [-0.4, -0.2) is 19.4 Å². The van der Waals surface area contributed by atoms with Crippen LogP contribution in [0.5, 0.6) is 17.2 Å². The highest BCUT2D eigenvalue weighted by Crippen LogP contribution is 2.42. The van der Waals surface area contributed by atoms with E-state index >= 15 is 0 Å². The van der Waals surface area contributed by atoms with E-state index in [4.69, 9.17) is 19.9 Å². The van der Waals surface area contributed by atoms with Crippen LogP contribution in [0.15, 0.2) is 12.1 Å². The Bertz CT molecular complexity index is 427. The monoisotopic (exact) mass is 221 g/mol. The lowest BCUT2D eigenvalue weighted by Gasteiger charge is -2.13. The Balaban J connectivity index is 1.95. The third-order valence-corrected chi connectivity index (χ3v) is 3.21. The Kier molecular flexibility index (Phi) is 2.01. The Labute approximate surface area is 94.3 Å². The van der Waals surface area contributed by atoms with Crippen molar-refractivity contribution in [2.24, 2.45) is 5.73 Å². The molecule has 1 aliphatic carbocycles. The first kappa shape index (κ1) is 9.78. The van der Waals surface area contributed by atoms with Gasteiger partial charge in [-0.25, -0.2) is 0 Å². The molecular formula is C12H15NO3. The summed E-state index contributed by atoms with van der Waals surface area (Å²) in [5, 5.41) is 0. The van der Waals surface area contributed by atoms with Crippen molar-refractivity contribution >= 4 is 0 Å². The van der Waals surface area contributed by atoms with Gasteiger partial charge in [0.05, 0.1) is 7.11 Å². The van der Waals surface area contributed by atoms with Gasteiger partial charge >= 0.3 is 0 Å². The van der Waals surface area contributed by atoms with E-state index in [1.54, 1.807) is 7.11 Å². The maximum absolute atomic E-state index is 6.12. The Morgan fingerprint density at radius 3 is 2.62 bits per heavy atom. The van der Waals surface area contributed by atoms with Crippen molar-refractivity contribution in [3.63, 3.8) is 0 Å². The zero-order valence-electron chi connectivity index (χ0n) is 9.29. The van der Waals surface area contributed by atoms with Crippen LogP contribution in [0.25, 0.3) is 0 Å². The van der Waals surface area contributed by atoms with Crippen LogP contribution in [0.1, 0.15) is 18.4 Å². The summed E-state index contributed by atoms with van der Waals surface area (Å²) in [6.45, 7) is 0.287. The molecule has 1 fully saturated rings. The van der Waals surface area contributed by atoms with E-state index in [0.29, 0.717) is 0 Å². The van der Waals surface area contributed by atoms with Gasteiger partial charge in [0, 0.05) is 11.6 Å². The molecule has 1 aromatic rings. The van der Waals surface area contributed by atoms with Gasteiger partial charge in [-0.2, -0.15) is 0 Å². The third-order valence-electron chi connectivity index (χ3n) is 3.21. The van der Waals surface area contributed by atoms with Gasteiger partial charge in [-0.15, -0.1) is 0 Å². The van der Waals surface area contributed by atoms with Crippen molar-refractivity contribution in [3.8, 4) is 17.2 Å². The fourth-order valence-corrected chi connectivity index (χ4v) is 2.01. The molecule has 16 heavy (non-hydrogen) atoms. The van der Waals surface area contributed by atoms with Crippen molar-refractivity contribution in [2.45, 2.75) is 24.8 Å². The van der Waals surface area contributed by atoms with Gasteiger partial charge in [0.1, 0.15) is 5.75 Å². The van der Waals surface area contributed by atoms with Crippen molar-refractivity contribution in [3.05, 3.63) is 17.7 Å². The van der Waals surface area contributed by atoms with E-state index < -0.39 is 0 Å². The molecule has 0 saturated heterocycles. The summed E-state index contributed by atoms with van der Waals surface area (Å²) in [6, 6.07) is 3.86. The van der Waals surface area contributed by atoms with Crippen LogP contribution in [0.3, 0.4) is 0 Å². The predicted octanol–water partition coefficient (Wildman–Crippen LogP) is 1.46. The number of benzene rings is 1. The summed E-state index contributed by atoms with van der Waals surface area (Å²) in [5.41, 5.74) is 7.20. The molecule has 0 bridgehead atoms. The number of ether oxygens (including phenoxy) is 3. The van der Waals surface area contributed by atoms with E-state index in [1.165, 1.54) is 0 Å². The average Bonchev–Trinajstić information content (AvgIpc) is 2.82. The molecule has 0 atom stereocenters. The molecule has 1 aromatic carbocycles. The van der Waals surface area contributed by atoms with Crippen LogP contribution in [0.4, 0.5) is 0 Å². The molecule has 2 aliphatic rings. The lowest BCUT2D eigenvalue weighted by atomic mass is 10.0. The number of methoxy groups -OCH3 is 1. The molecule has 0 radical (unpaired) electrons. The highest BCUT2D eigenvalue weighted by Gasteiger charge is 2.39. The van der Waals surface area contributed by atoms with Crippen LogP contribution in [0.2, 0.25) is 0 Å². The molecule has 86 valence electrons. The molecular weight excluding hydrogens is 206 g/mol. The molecule has 1 aliphatic heterocycles. The lowest BCUT2D eigenvalue weighted by Crippen LogP contribution is -2.24. The second kappa shape index (κ2) is 3.28. The summed E-state index contributed by atoms with van der Waals surface area (Å²) < 4.78 is 16.0. The van der Waals surface area contributed by atoms with E-state index in [-0.39, 0.29) is 12.3 Å². The minimum absolute atomic E-state index is 0.0268. The fraction of sp³-hybridized carbons (Fsp3) is 0.500. The maximum Gasteiger partial charge on any atom is 0.231 e. The first-order valence-electron chi connectivity index (χ1n) is 5.46. The number of hydrogen-bond acceptors (Lipinski definition) is 4. The molecule has 0 spiro atoms. The van der Waals surface area contributed by atoms with E-state index in [0.717, 1.165) is 42.1 Å². The lowest BCUT2D eigenvalue weighted by molar-refractivity contribution is 0.174. The van der Waals surface area contributed by atoms with E-state index in [9.17, 15) is 0 Å². The molecule has 1 heterocycles. The Morgan fingerprint density at radius 1 is 1.31 bits per heavy atom. The summed E-state index contributed by atoms with van der Waals surface area (Å²) in [6.07, 6.45) is 3.02. The normalized spacial score (nSPS) is 19.6. The molecule has 3 rings (SSSR count). The molecule has 0 aromatic heterocycles. The first-order chi connectivity index (χ1) is 7.70. The summed E-state index contributed by atoms with van der Waals surface area (Å²) in [5.74, 6) is 2.38. The minimum Gasteiger partial charge on any atom is -0.496 e. The van der Waals surface area contributed by atoms with Crippen molar-refractivity contribution < 1.29 is 14.2 Å². The van der Waals surface area contributed by atoms with Gasteiger partial charge in [-0.1, -0.05) is 0 Å². The topological polar surface area (TPSA) is 53.7 Å². The minimum atomic E-state index is -0.0268. The fourth-order valence-electron chi connectivity index (χ4n) is 2.01. The van der Waals surface area contributed by atoms with E-state index in [2.05, 4.69) is 0 Å². The summed E-state index contributed by atoms with van der Waals surface area (Å²) >= 11 is 0. The van der Waals surface area contributed by atoms with Gasteiger partial charge in [0.2, 0.25) is 6.79 Å². The SMILES string of the molecule is COc1cc2c(cc1CC1(N)CC1)OCO2. The molecule has 0 amide bonds. The number of nitrogens with two attached hydrogens (primary N) is 1. The van der Waals surface area contributed by atoms with Gasteiger partial charge in [-0.05, 0) is 30.9 Å². The van der Waals surface area contributed by atoms with Crippen LogP contribution >= 0.6 is 0 Å². The summed E-state index contributed by atoms with van der Waals surface area (Å²) in [7, 11) is 1.66. The molecule has 2 N–H and O–H groups in total. The largest absolute Gasteiger partial charge is 0.496 e. The molecule has 4 heteroatoms.